The summed E-state index contributed by atoms with van der Waals surface area (Å²) in [7, 11) is -1.33. The van der Waals surface area contributed by atoms with E-state index in [1.807, 2.05) is 0 Å². The summed E-state index contributed by atoms with van der Waals surface area (Å²) in [6, 6.07) is -0.812. The topological polar surface area (TPSA) is 77.8 Å². The highest BCUT2D eigenvalue weighted by atomic mass is 32.2. The maximum absolute atomic E-state index is 11.7. The normalized spacial score (nSPS) is 30.9. The maximum Gasteiger partial charge on any atom is 0.322 e. The van der Waals surface area contributed by atoms with Crippen molar-refractivity contribution in [2.24, 2.45) is 0 Å². The van der Waals surface area contributed by atoms with Crippen LogP contribution in [0.2, 0.25) is 0 Å². The van der Waals surface area contributed by atoms with Gasteiger partial charge in [0.05, 0.1) is 17.1 Å². The lowest BCUT2D eigenvalue weighted by Gasteiger charge is -2.21. The van der Waals surface area contributed by atoms with Crippen LogP contribution in [0.4, 0.5) is 0 Å². The number of aliphatic carboxylic acids is 1. The van der Waals surface area contributed by atoms with E-state index in [0.29, 0.717) is 0 Å². The Hall–Kier alpha value is -0.460. The van der Waals surface area contributed by atoms with Crippen LogP contribution in [-0.2, 0) is 15.8 Å². The van der Waals surface area contributed by atoms with Crippen LogP contribution >= 0.6 is 0 Å². The van der Waals surface area contributed by atoms with Gasteiger partial charge < -0.3 is 10.2 Å². The molecule has 0 aromatic heterocycles. The van der Waals surface area contributed by atoms with E-state index in [4.69, 9.17) is 5.11 Å². The molecule has 1 fully saturated rings. The molecule has 0 radical (unpaired) electrons. The van der Waals surface area contributed by atoms with E-state index in [9.17, 15) is 14.1 Å². The number of β-amino-alcohol motifs (C(OH)–C–C–N with tert-alkyl or cyclic N) is 1. The lowest BCUT2D eigenvalue weighted by Crippen LogP contribution is -2.40. The van der Waals surface area contributed by atoms with Crippen molar-refractivity contribution < 1.29 is 19.2 Å². The van der Waals surface area contributed by atoms with E-state index in [2.05, 4.69) is 0 Å². The molecule has 82 valence electrons. The Balaban J connectivity index is 2.76. The number of rotatable bonds is 3. The summed E-state index contributed by atoms with van der Waals surface area (Å²) >= 11 is 0. The second kappa shape index (κ2) is 4.37. The molecule has 1 aliphatic rings. The fraction of sp³-hybridized carbons (Fsp3) is 0.875. The van der Waals surface area contributed by atoms with Gasteiger partial charge in [-0.15, -0.1) is 0 Å². The molecule has 0 saturated carbocycles. The zero-order valence-electron chi connectivity index (χ0n) is 8.21. The van der Waals surface area contributed by atoms with Crippen LogP contribution in [0, 0.1) is 0 Å². The summed E-state index contributed by atoms with van der Waals surface area (Å²) in [6.45, 7) is 3.71. The van der Waals surface area contributed by atoms with Gasteiger partial charge in [0.15, 0.2) is 0 Å². The monoisotopic (exact) mass is 221 g/mol. The Bertz CT molecular complexity index is 256. The quantitative estimate of drug-likeness (QED) is 0.678. The number of nitrogens with zero attached hydrogens (tertiary/aromatic N) is 1. The predicted molar refractivity (Wildman–Crippen MR) is 52.0 cm³/mol. The van der Waals surface area contributed by atoms with Gasteiger partial charge in [0.2, 0.25) is 0 Å². The molecule has 6 heteroatoms. The average molecular weight is 221 g/mol. The fourth-order valence-electron chi connectivity index (χ4n) is 1.48. The molecular formula is C8H15NO4S. The van der Waals surface area contributed by atoms with Crippen LogP contribution in [0.1, 0.15) is 20.3 Å². The van der Waals surface area contributed by atoms with Crippen LogP contribution in [0.3, 0.4) is 0 Å². The van der Waals surface area contributed by atoms with Crippen molar-refractivity contribution >= 4 is 17.0 Å². The molecule has 0 bridgehead atoms. The van der Waals surface area contributed by atoms with Crippen molar-refractivity contribution in [2.75, 3.05) is 6.54 Å². The molecule has 0 aliphatic carbocycles. The molecule has 5 nitrogen and oxygen atoms in total. The number of aliphatic hydroxyl groups excluding tert-OH is 1. The van der Waals surface area contributed by atoms with Crippen LogP contribution in [0.15, 0.2) is 0 Å². The molecule has 14 heavy (non-hydrogen) atoms. The first-order valence-electron chi connectivity index (χ1n) is 4.51. The van der Waals surface area contributed by atoms with Gasteiger partial charge in [0.1, 0.15) is 6.04 Å². The minimum atomic E-state index is -1.33. The van der Waals surface area contributed by atoms with Crippen molar-refractivity contribution in [2.45, 2.75) is 37.7 Å². The Labute approximate surface area is 85.3 Å². The highest BCUT2D eigenvalue weighted by Gasteiger charge is 2.39. The second-order valence-electron chi connectivity index (χ2n) is 3.67. The molecule has 0 amide bonds. The third kappa shape index (κ3) is 2.31. The smallest absolute Gasteiger partial charge is 0.322 e. The third-order valence-electron chi connectivity index (χ3n) is 2.15. The van der Waals surface area contributed by atoms with Crippen LogP contribution in [0.5, 0.6) is 0 Å². The van der Waals surface area contributed by atoms with Crippen LogP contribution < -0.4 is 0 Å². The standard InChI is InChI=1S/C8H15NO4S/c1-5(2)14(13)9-4-6(10)3-7(9)8(11)12/h5-7,10H,3-4H2,1-2H3,(H,11,12)/t6-,7-,14?/m1/s1. The first-order valence-corrected chi connectivity index (χ1v) is 5.68. The van der Waals surface area contributed by atoms with E-state index in [1.165, 1.54) is 4.31 Å². The minimum Gasteiger partial charge on any atom is -0.480 e. The Morgan fingerprint density at radius 1 is 1.57 bits per heavy atom. The summed E-state index contributed by atoms with van der Waals surface area (Å²) in [4.78, 5) is 10.8. The van der Waals surface area contributed by atoms with Gasteiger partial charge in [-0.3, -0.25) is 4.79 Å². The van der Waals surface area contributed by atoms with Gasteiger partial charge in [-0.05, 0) is 13.8 Å². The van der Waals surface area contributed by atoms with Crippen molar-refractivity contribution in [1.29, 1.82) is 0 Å². The summed E-state index contributed by atoms with van der Waals surface area (Å²) in [5.74, 6) is -1.02. The number of carboxylic acid groups (broad SMARTS) is 1. The van der Waals surface area contributed by atoms with Crippen LogP contribution in [0.25, 0.3) is 0 Å². The fourth-order valence-corrected chi connectivity index (χ4v) is 2.77. The molecule has 1 heterocycles. The predicted octanol–water partition coefficient (Wildman–Crippen LogP) is -0.422. The molecule has 0 spiro atoms. The van der Waals surface area contributed by atoms with Crippen molar-refractivity contribution in [1.82, 2.24) is 4.31 Å². The molecule has 0 aromatic carbocycles. The van der Waals surface area contributed by atoms with Gasteiger partial charge >= 0.3 is 5.97 Å². The number of carboxylic acids is 1. The van der Waals surface area contributed by atoms with Gasteiger partial charge in [0.25, 0.3) is 0 Å². The van der Waals surface area contributed by atoms with Gasteiger partial charge in [-0.2, -0.15) is 0 Å². The molecule has 1 saturated heterocycles. The second-order valence-corrected chi connectivity index (χ2v) is 5.63. The van der Waals surface area contributed by atoms with E-state index in [-0.39, 0.29) is 18.2 Å². The molecule has 1 rings (SSSR count). The molecule has 1 unspecified atom stereocenters. The maximum atomic E-state index is 11.7. The first kappa shape index (κ1) is 11.6. The lowest BCUT2D eigenvalue weighted by atomic mass is 10.2. The Morgan fingerprint density at radius 3 is 2.57 bits per heavy atom. The summed E-state index contributed by atoms with van der Waals surface area (Å²) < 4.78 is 13.0. The van der Waals surface area contributed by atoms with Crippen molar-refractivity contribution in [3.05, 3.63) is 0 Å². The molecule has 1 aliphatic heterocycles. The van der Waals surface area contributed by atoms with E-state index in [0.717, 1.165) is 0 Å². The van der Waals surface area contributed by atoms with E-state index in [1.54, 1.807) is 13.8 Å². The van der Waals surface area contributed by atoms with Gasteiger partial charge in [-0.25, -0.2) is 8.51 Å². The minimum absolute atomic E-state index is 0.123. The van der Waals surface area contributed by atoms with Gasteiger partial charge in [0, 0.05) is 18.2 Å². The number of carbonyl (C=O) groups is 1. The summed E-state index contributed by atoms with van der Waals surface area (Å²) in [5, 5.41) is 18.0. The Kier molecular flexibility index (Phi) is 3.63. The summed E-state index contributed by atoms with van der Waals surface area (Å²) in [5.41, 5.74) is 0. The van der Waals surface area contributed by atoms with Crippen molar-refractivity contribution in [3.8, 4) is 0 Å². The van der Waals surface area contributed by atoms with Crippen molar-refractivity contribution in [3.63, 3.8) is 0 Å². The SMILES string of the molecule is CC(C)S(=O)N1C[C@H](O)C[C@@H]1C(=O)O. The van der Waals surface area contributed by atoms with Crippen LogP contribution in [-0.4, -0.2) is 48.6 Å². The highest BCUT2D eigenvalue weighted by Crippen LogP contribution is 2.21. The molecule has 2 N–H and O–H groups in total. The third-order valence-corrected chi connectivity index (χ3v) is 3.83. The van der Waals surface area contributed by atoms with E-state index >= 15 is 0 Å². The first-order chi connectivity index (χ1) is 6.43. The highest BCUT2D eigenvalue weighted by molar-refractivity contribution is 7.83. The summed E-state index contributed by atoms with van der Waals surface area (Å²) in [6.07, 6.45) is -0.521. The van der Waals surface area contributed by atoms with Gasteiger partial charge in [-0.1, -0.05) is 0 Å². The zero-order valence-corrected chi connectivity index (χ0v) is 9.03. The molecule has 0 aromatic rings. The number of hydrogen-bond acceptors (Lipinski definition) is 3. The lowest BCUT2D eigenvalue weighted by molar-refractivity contribution is -0.140. The molecular weight excluding hydrogens is 206 g/mol. The van der Waals surface area contributed by atoms with E-state index < -0.39 is 29.1 Å². The number of aliphatic hydroxyl groups is 1. The zero-order chi connectivity index (χ0) is 10.9. The largest absolute Gasteiger partial charge is 0.480 e. The Morgan fingerprint density at radius 2 is 2.14 bits per heavy atom. The average Bonchev–Trinajstić information content (AvgIpc) is 2.45. The molecule has 3 atom stereocenters. The number of hydrogen-bond donors (Lipinski definition) is 2.